The van der Waals surface area contributed by atoms with Gasteiger partial charge in [-0.3, -0.25) is 9.59 Å². The molecule has 1 N–H and O–H groups in total. The van der Waals surface area contributed by atoms with Crippen LogP contribution < -0.4 is 5.32 Å². The van der Waals surface area contributed by atoms with Crippen LogP contribution >= 0.6 is 11.6 Å². The molecule has 1 saturated heterocycles. The summed E-state index contributed by atoms with van der Waals surface area (Å²) in [6.07, 6.45) is 4.03. The number of carbonyl (C=O) groups excluding carboxylic acids is 2. The van der Waals surface area contributed by atoms with Gasteiger partial charge in [0.1, 0.15) is 5.82 Å². The van der Waals surface area contributed by atoms with E-state index in [1.807, 2.05) is 19.1 Å². The van der Waals surface area contributed by atoms with E-state index in [9.17, 15) is 9.59 Å². The van der Waals surface area contributed by atoms with Crippen molar-refractivity contribution in [2.24, 2.45) is 11.8 Å². The average molecular weight is 402 g/mol. The molecule has 1 aliphatic heterocycles. The Hall–Kier alpha value is -2.41. The van der Waals surface area contributed by atoms with Gasteiger partial charge in [-0.1, -0.05) is 11.6 Å². The highest BCUT2D eigenvalue weighted by molar-refractivity contribution is 6.30. The van der Waals surface area contributed by atoms with Gasteiger partial charge < -0.3 is 10.2 Å². The molecule has 1 atom stereocenters. The van der Waals surface area contributed by atoms with Crippen LogP contribution in [0.5, 0.6) is 0 Å². The summed E-state index contributed by atoms with van der Waals surface area (Å²) in [5.74, 6) is 1.11. The van der Waals surface area contributed by atoms with Crippen LogP contribution in [0, 0.1) is 18.8 Å². The molecule has 148 valence electrons. The highest BCUT2D eigenvalue weighted by Gasteiger charge is 2.31. The number of carbonyl (C=O) groups is 2. The molecule has 2 aliphatic rings. The lowest BCUT2D eigenvalue weighted by Crippen LogP contribution is -2.46. The normalized spacial score (nSPS) is 19.5. The average Bonchev–Trinajstić information content (AvgIpc) is 3.46. The smallest absolute Gasteiger partial charge is 0.293 e. The predicted octanol–water partition coefficient (Wildman–Crippen LogP) is 2.61. The molecule has 7 nitrogen and oxygen atoms in total. The van der Waals surface area contributed by atoms with Crippen molar-refractivity contribution in [1.29, 1.82) is 0 Å². The van der Waals surface area contributed by atoms with Crippen LogP contribution in [-0.2, 0) is 4.79 Å². The zero-order chi connectivity index (χ0) is 19.7. The molecule has 4 rings (SSSR count). The number of benzene rings is 1. The fraction of sp³-hybridized carbons (Fsp3) is 0.500. The van der Waals surface area contributed by atoms with Crippen molar-refractivity contribution < 1.29 is 9.59 Å². The molecule has 28 heavy (non-hydrogen) atoms. The maximum atomic E-state index is 12.9. The second-order valence-corrected chi connectivity index (χ2v) is 8.09. The fourth-order valence-electron chi connectivity index (χ4n) is 3.54. The quantitative estimate of drug-likeness (QED) is 0.835. The number of rotatable bonds is 5. The van der Waals surface area contributed by atoms with Crippen molar-refractivity contribution in [3.8, 4) is 5.69 Å². The first-order valence-electron chi connectivity index (χ1n) is 9.78. The Balaban J connectivity index is 1.44. The van der Waals surface area contributed by atoms with Gasteiger partial charge in [-0.2, -0.15) is 0 Å². The van der Waals surface area contributed by atoms with Gasteiger partial charge in [0, 0.05) is 24.7 Å². The van der Waals surface area contributed by atoms with Crippen molar-refractivity contribution in [3.05, 3.63) is 40.9 Å². The molecule has 0 spiro atoms. The van der Waals surface area contributed by atoms with Gasteiger partial charge in [-0.05, 0) is 62.8 Å². The van der Waals surface area contributed by atoms with Crippen LogP contribution in [0.3, 0.4) is 0 Å². The number of hydrogen-bond acceptors (Lipinski definition) is 4. The van der Waals surface area contributed by atoms with E-state index in [0.29, 0.717) is 29.9 Å². The number of amides is 2. The van der Waals surface area contributed by atoms with Gasteiger partial charge >= 0.3 is 0 Å². The first kappa shape index (κ1) is 18.9. The second-order valence-electron chi connectivity index (χ2n) is 7.65. The van der Waals surface area contributed by atoms with Gasteiger partial charge in [-0.25, -0.2) is 9.67 Å². The molecular weight excluding hydrogens is 378 g/mol. The molecule has 8 heteroatoms. The molecule has 2 fully saturated rings. The van der Waals surface area contributed by atoms with Crippen LogP contribution in [0.1, 0.15) is 42.1 Å². The lowest BCUT2D eigenvalue weighted by atomic mass is 9.97. The number of nitrogens with one attached hydrogen (secondary N) is 1. The summed E-state index contributed by atoms with van der Waals surface area (Å²) < 4.78 is 1.63. The topological polar surface area (TPSA) is 80.1 Å². The Morgan fingerprint density at radius 2 is 1.96 bits per heavy atom. The maximum Gasteiger partial charge on any atom is 0.293 e. The molecule has 2 amide bonds. The standard InChI is InChI=1S/C20H24ClN5O2/c1-13-23-18(24-26(13)17-8-6-16(21)7-9-17)20(28)25-10-2-3-15(12-25)19(27)22-11-14-4-5-14/h6-9,14-15H,2-5,10-12H2,1H3,(H,22,27). The highest BCUT2D eigenvalue weighted by atomic mass is 35.5. The summed E-state index contributed by atoms with van der Waals surface area (Å²) in [7, 11) is 0. The molecule has 1 saturated carbocycles. The number of nitrogens with zero attached hydrogens (tertiary/aromatic N) is 4. The third-order valence-corrected chi connectivity index (χ3v) is 5.62. The minimum atomic E-state index is -0.226. The van der Waals surface area contributed by atoms with Gasteiger partial charge in [0.2, 0.25) is 11.7 Å². The van der Waals surface area contributed by atoms with E-state index in [0.717, 1.165) is 25.1 Å². The number of likely N-dealkylation sites (tertiary alicyclic amines) is 1. The fourth-order valence-corrected chi connectivity index (χ4v) is 3.66. The van der Waals surface area contributed by atoms with Crippen LogP contribution in [0.4, 0.5) is 0 Å². The number of aromatic nitrogens is 3. The summed E-state index contributed by atoms with van der Waals surface area (Å²) in [6, 6.07) is 7.21. The largest absolute Gasteiger partial charge is 0.356 e. The van der Waals surface area contributed by atoms with E-state index in [-0.39, 0.29) is 23.6 Å². The molecule has 2 heterocycles. The Morgan fingerprint density at radius 3 is 2.68 bits per heavy atom. The van der Waals surface area contributed by atoms with Crippen LogP contribution in [0.15, 0.2) is 24.3 Å². The molecule has 1 unspecified atom stereocenters. The predicted molar refractivity (Wildman–Crippen MR) is 105 cm³/mol. The van der Waals surface area contributed by atoms with E-state index in [4.69, 9.17) is 11.6 Å². The van der Waals surface area contributed by atoms with Crippen LogP contribution in [0.25, 0.3) is 5.69 Å². The third-order valence-electron chi connectivity index (χ3n) is 5.37. The van der Waals surface area contributed by atoms with Crippen molar-refractivity contribution in [2.75, 3.05) is 19.6 Å². The number of hydrogen-bond donors (Lipinski definition) is 1. The second kappa shape index (κ2) is 7.91. The summed E-state index contributed by atoms with van der Waals surface area (Å²) in [6.45, 7) is 3.61. The number of aryl methyl sites for hydroxylation is 1. The van der Waals surface area contributed by atoms with E-state index in [1.165, 1.54) is 12.8 Å². The lowest BCUT2D eigenvalue weighted by Gasteiger charge is -2.31. The zero-order valence-electron chi connectivity index (χ0n) is 15.9. The minimum absolute atomic E-state index is 0.0558. The molecule has 1 aliphatic carbocycles. The summed E-state index contributed by atoms with van der Waals surface area (Å²) in [4.78, 5) is 31.4. The first-order chi connectivity index (χ1) is 13.5. The molecule has 0 bridgehead atoms. The van der Waals surface area contributed by atoms with Crippen molar-refractivity contribution >= 4 is 23.4 Å². The Morgan fingerprint density at radius 1 is 1.21 bits per heavy atom. The van der Waals surface area contributed by atoms with Gasteiger partial charge in [-0.15, -0.1) is 5.10 Å². The Bertz CT molecular complexity index is 875. The summed E-state index contributed by atoms with van der Waals surface area (Å²) in [5.41, 5.74) is 0.796. The molecule has 2 aromatic rings. The number of halogens is 1. The summed E-state index contributed by atoms with van der Waals surface area (Å²) in [5, 5.41) is 8.06. The van der Waals surface area contributed by atoms with Gasteiger partial charge in [0.15, 0.2) is 0 Å². The van der Waals surface area contributed by atoms with E-state index < -0.39 is 0 Å². The first-order valence-corrected chi connectivity index (χ1v) is 10.2. The van der Waals surface area contributed by atoms with E-state index in [2.05, 4.69) is 15.4 Å². The number of piperidine rings is 1. The van der Waals surface area contributed by atoms with E-state index in [1.54, 1.807) is 21.7 Å². The van der Waals surface area contributed by atoms with Gasteiger partial charge in [0.05, 0.1) is 11.6 Å². The Kier molecular flexibility index (Phi) is 5.35. The lowest BCUT2D eigenvalue weighted by molar-refractivity contribution is -0.126. The Labute approximate surface area is 169 Å². The molecular formula is C20H24ClN5O2. The van der Waals surface area contributed by atoms with Crippen LogP contribution in [-0.4, -0.2) is 51.1 Å². The van der Waals surface area contributed by atoms with Crippen molar-refractivity contribution in [2.45, 2.75) is 32.6 Å². The van der Waals surface area contributed by atoms with Crippen molar-refractivity contribution in [1.82, 2.24) is 25.0 Å². The van der Waals surface area contributed by atoms with Crippen LogP contribution in [0.2, 0.25) is 5.02 Å². The molecule has 1 aromatic carbocycles. The third kappa shape index (κ3) is 4.19. The SMILES string of the molecule is Cc1nc(C(=O)N2CCCC(C(=O)NCC3CC3)C2)nn1-c1ccc(Cl)cc1. The highest BCUT2D eigenvalue weighted by Crippen LogP contribution is 2.28. The summed E-state index contributed by atoms with van der Waals surface area (Å²) >= 11 is 5.94. The monoisotopic (exact) mass is 401 g/mol. The van der Waals surface area contributed by atoms with Gasteiger partial charge in [0.25, 0.3) is 5.91 Å². The minimum Gasteiger partial charge on any atom is -0.356 e. The molecule has 0 radical (unpaired) electrons. The zero-order valence-corrected chi connectivity index (χ0v) is 16.7. The van der Waals surface area contributed by atoms with Crippen molar-refractivity contribution in [3.63, 3.8) is 0 Å². The maximum absolute atomic E-state index is 12.9. The molecule has 1 aromatic heterocycles. The van der Waals surface area contributed by atoms with E-state index >= 15 is 0 Å².